The Kier molecular flexibility index (Phi) is 4.53. The van der Waals surface area contributed by atoms with Crippen LogP contribution in [0.4, 0.5) is 0 Å². The van der Waals surface area contributed by atoms with Gasteiger partial charge in [0.15, 0.2) is 11.4 Å². The van der Waals surface area contributed by atoms with Gasteiger partial charge in [-0.1, -0.05) is 60.3 Å². The summed E-state index contributed by atoms with van der Waals surface area (Å²) < 4.78 is 0. The van der Waals surface area contributed by atoms with Crippen LogP contribution >= 0.6 is 11.8 Å². The van der Waals surface area contributed by atoms with Gasteiger partial charge in [0.2, 0.25) is 0 Å². The smallest absolute Gasteiger partial charge is 0.186 e. The summed E-state index contributed by atoms with van der Waals surface area (Å²) in [6.45, 7) is 1.55. The Bertz CT molecular complexity index is 644. The number of hydrogen-bond donors (Lipinski definition) is 0. The minimum atomic E-state index is 0.0955. The summed E-state index contributed by atoms with van der Waals surface area (Å²) >= 11 is 1.26. The number of aldehydes is 1. The maximum Gasteiger partial charge on any atom is 0.186 e. The Morgan fingerprint density at radius 1 is 1.21 bits per heavy atom. The first-order valence-electron chi connectivity index (χ1n) is 5.99. The second-order valence-corrected chi connectivity index (χ2v) is 5.31. The fourth-order valence-electron chi connectivity index (χ4n) is 1.93. The van der Waals surface area contributed by atoms with Crippen molar-refractivity contribution in [2.75, 3.05) is 5.75 Å². The second kappa shape index (κ2) is 6.34. The van der Waals surface area contributed by atoms with E-state index in [1.807, 2.05) is 48.6 Å². The predicted molar refractivity (Wildman–Crippen MR) is 81.5 cm³/mol. The summed E-state index contributed by atoms with van der Waals surface area (Å²) in [5.74, 6) is 0.622. The summed E-state index contributed by atoms with van der Waals surface area (Å²) in [4.78, 5) is 22.0. The van der Waals surface area contributed by atoms with Crippen LogP contribution in [-0.4, -0.2) is 17.2 Å². The molecule has 0 spiro atoms. The molecule has 0 aliphatic rings. The van der Waals surface area contributed by atoms with Gasteiger partial charge < -0.3 is 0 Å². The Morgan fingerprint density at radius 3 is 2.74 bits per heavy atom. The lowest BCUT2D eigenvalue weighted by Gasteiger charge is -2.05. The van der Waals surface area contributed by atoms with Crippen LogP contribution in [0, 0.1) is 0 Å². The van der Waals surface area contributed by atoms with E-state index in [1.165, 1.54) is 11.8 Å². The van der Waals surface area contributed by atoms with Gasteiger partial charge in [-0.25, -0.2) is 0 Å². The van der Waals surface area contributed by atoms with Gasteiger partial charge in [0.1, 0.15) is 0 Å². The topological polar surface area (TPSA) is 34.1 Å². The van der Waals surface area contributed by atoms with Crippen molar-refractivity contribution in [3.8, 4) is 0 Å². The zero-order valence-corrected chi connectivity index (χ0v) is 11.4. The van der Waals surface area contributed by atoms with Gasteiger partial charge in [-0.2, -0.15) is 0 Å². The first kappa shape index (κ1) is 13.6. The molecule has 0 saturated carbocycles. The van der Waals surface area contributed by atoms with Crippen LogP contribution in [0.1, 0.15) is 22.8 Å². The first-order valence-corrected chi connectivity index (χ1v) is 6.98. The van der Waals surface area contributed by atoms with Crippen molar-refractivity contribution in [1.29, 1.82) is 0 Å². The standard InChI is InChI=1S/C16H14O2S/c1-12(18)19-10-4-7-16-14(11-17)9-8-13-5-2-3-6-15(13)16/h2-9,11H,10H2,1H3. The van der Waals surface area contributed by atoms with E-state index in [2.05, 4.69) is 0 Å². The third-order valence-electron chi connectivity index (χ3n) is 2.80. The third kappa shape index (κ3) is 3.32. The highest BCUT2D eigenvalue weighted by Crippen LogP contribution is 2.23. The van der Waals surface area contributed by atoms with Crippen LogP contribution in [0.5, 0.6) is 0 Å². The lowest BCUT2D eigenvalue weighted by molar-refractivity contribution is -0.109. The SMILES string of the molecule is CC(=O)SCC=Cc1c(C=O)ccc2ccccc12. The zero-order valence-electron chi connectivity index (χ0n) is 10.6. The quantitative estimate of drug-likeness (QED) is 0.789. The number of fused-ring (bicyclic) bond motifs is 1. The van der Waals surface area contributed by atoms with Crippen molar-refractivity contribution in [3.05, 3.63) is 53.6 Å². The van der Waals surface area contributed by atoms with E-state index in [-0.39, 0.29) is 5.12 Å². The molecule has 0 heterocycles. The van der Waals surface area contributed by atoms with Crippen LogP contribution in [0.2, 0.25) is 0 Å². The number of rotatable bonds is 4. The van der Waals surface area contributed by atoms with E-state index in [0.717, 1.165) is 22.6 Å². The maximum absolute atomic E-state index is 11.1. The first-order chi connectivity index (χ1) is 9.22. The lowest BCUT2D eigenvalue weighted by Crippen LogP contribution is -1.89. The average Bonchev–Trinajstić information content (AvgIpc) is 2.43. The molecular formula is C16H14O2S. The molecule has 2 nitrogen and oxygen atoms in total. The van der Waals surface area contributed by atoms with Crippen LogP contribution in [0.15, 0.2) is 42.5 Å². The molecule has 0 saturated heterocycles. The molecule has 2 rings (SSSR count). The molecule has 0 fully saturated rings. The molecule has 0 radical (unpaired) electrons. The number of carbonyl (C=O) groups is 2. The molecule has 96 valence electrons. The molecule has 0 N–H and O–H groups in total. The minimum absolute atomic E-state index is 0.0955. The summed E-state index contributed by atoms with van der Waals surface area (Å²) in [5.41, 5.74) is 1.58. The van der Waals surface area contributed by atoms with E-state index in [0.29, 0.717) is 11.3 Å². The molecule has 0 aromatic heterocycles. The molecular weight excluding hydrogens is 256 g/mol. The molecule has 3 heteroatoms. The number of benzene rings is 2. The Morgan fingerprint density at radius 2 is 2.00 bits per heavy atom. The summed E-state index contributed by atoms with van der Waals surface area (Å²) in [6, 6.07) is 11.7. The maximum atomic E-state index is 11.1. The van der Waals surface area contributed by atoms with Crippen LogP contribution in [0.25, 0.3) is 16.8 Å². The van der Waals surface area contributed by atoms with E-state index < -0.39 is 0 Å². The third-order valence-corrected chi connectivity index (χ3v) is 3.56. The van der Waals surface area contributed by atoms with Gasteiger partial charge >= 0.3 is 0 Å². The van der Waals surface area contributed by atoms with Crippen LogP contribution in [-0.2, 0) is 4.79 Å². The van der Waals surface area contributed by atoms with Gasteiger partial charge in [-0.15, -0.1) is 0 Å². The molecule has 0 aliphatic carbocycles. The number of thioether (sulfide) groups is 1. The highest BCUT2D eigenvalue weighted by atomic mass is 32.2. The largest absolute Gasteiger partial charge is 0.298 e. The molecule has 19 heavy (non-hydrogen) atoms. The van der Waals surface area contributed by atoms with Crippen molar-refractivity contribution in [2.24, 2.45) is 0 Å². The number of carbonyl (C=O) groups excluding carboxylic acids is 2. The molecule has 0 bridgehead atoms. The zero-order chi connectivity index (χ0) is 13.7. The van der Waals surface area contributed by atoms with Gasteiger partial charge in [0.05, 0.1) is 0 Å². The van der Waals surface area contributed by atoms with Crippen molar-refractivity contribution < 1.29 is 9.59 Å². The minimum Gasteiger partial charge on any atom is -0.298 e. The fraction of sp³-hybridized carbons (Fsp3) is 0.125. The Hall–Kier alpha value is -1.87. The molecule has 2 aromatic carbocycles. The van der Waals surface area contributed by atoms with Gasteiger partial charge in [0.25, 0.3) is 0 Å². The van der Waals surface area contributed by atoms with E-state index in [4.69, 9.17) is 0 Å². The molecule has 0 amide bonds. The molecule has 0 unspecified atom stereocenters. The second-order valence-electron chi connectivity index (χ2n) is 4.11. The summed E-state index contributed by atoms with van der Waals surface area (Å²) in [5, 5.41) is 2.25. The van der Waals surface area contributed by atoms with E-state index in [1.54, 1.807) is 6.92 Å². The van der Waals surface area contributed by atoms with Crippen molar-refractivity contribution in [1.82, 2.24) is 0 Å². The van der Waals surface area contributed by atoms with E-state index in [9.17, 15) is 9.59 Å². The van der Waals surface area contributed by atoms with Crippen LogP contribution in [0.3, 0.4) is 0 Å². The van der Waals surface area contributed by atoms with Crippen molar-refractivity contribution in [2.45, 2.75) is 6.92 Å². The highest BCUT2D eigenvalue weighted by molar-refractivity contribution is 8.13. The lowest BCUT2D eigenvalue weighted by atomic mass is 9.99. The summed E-state index contributed by atoms with van der Waals surface area (Å²) in [6.07, 6.45) is 4.70. The average molecular weight is 270 g/mol. The monoisotopic (exact) mass is 270 g/mol. The van der Waals surface area contributed by atoms with Crippen molar-refractivity contribution >= 4 is 40.0 Å². The molecule has 2 aromatic rings. The summed E-state index contributed by atoms with van der Waals surface area (Å²) in [7, 11) is 0. The Labute approximate surface area is 116 Å². The van der Waals surface area contributed by atoms with Crippen molar-refractivity contribution in [3.63, 3.8) is 0 Å². The molecule has 0 aliphatic heterocycles. The fourth-order valence-corrected chi connectivity index (χ4v) is 2.36. The van der Waals surface area contributed by atoms with E-state index >= 15 is 0 Å². The van der Waals surface area contributed by atoms with Gasteiger partial charge in [-0.3, -0.25) is 9.59 Å². The predicted octanol–water partition coefficient (Wildman–Crippen LogP) is 3.95. The normalized spacial score (nSPS) is 11.0. The van der Waals surface area contributed by atoms with Gasteiger partial charge in [-0.05, 0) is 16.3 Å². The molecule has 0 atom stereocenters. The number of hydrogen-bond acceptors (Lipinski definition) is 3. The Balaban J connectivity index is 2.39. The van der Waals surface area contributed by atoms with Gasteiger partial charge in [0, 0.05) is 18.2 Å². The highest BCUT2D eigenvalue weighted by Gasteiger charge is 2.03. The van der Waals surface area contributed by atoms with Crippen LogP contribution < -0.4 is 0 Å².